The highest BCUT2D eigenvalue weighted by Gasteiger charge is 2.30. The first-order valence-corrected chi connectivity index (χ1v) is 12.3. The van der Waals surface area contributed by atoms with Gasteiger partial charge in [-0.2, -0.15) is 0 Å². The van der Waals surface area contributed by atoms with Gasteiger partial charge in [0.25, 0.3) is 0 Å². The SMILES string of the molecule is CC(C)(c1ccc(Cl)c(Cl)c1)c1cnc(SCc2ccc(C(N)=O)cc2F)n1-c1ccc(F)cc1. The van der Waals surface area contributed by atoms with Gasteiger partial charge in [0.05, 0.1) is 21.9 Å². The smallest absolute Gasteiger partial charge is 0.248 e. The van der Waals surface area contributed by atoms with Crippen molar-refractivity contribution in [2.75, 3.05) is 0 Å². The van der Waals surface area contributed by atoms with Gasteiger partial charge in [0.1, 0.15) is 11.6 Å². The third kappa shape index (κ3) is 5.22. The molecule has 0 radical (unpaired) electrons. The van der Waals surface area contributed by atoms with Crippen molar-refractivity contribution in [1.82, 2.24) is 9.55 Å². The molecule has 0 bridgehead atoms. The number of nitrogens with two attached hydrogens (primary N) is 1. The van der Waals surface area contributed by atoms with Crippen LogP contribution in [0.3, 0.4) is 0 Å². The molecule has 0 saturated heterocycles. The number of rotatable bonds is 7. The van der Waals surface area contributed by atoms with Crippen LogP contribution in [0.4, 0.5) is 8.78 Å². The van der Waals surface area contributed by atoms with Crippen molar-refractivity contribution >= 4 is 40.9 Å². The first kappa shape index (κ1) is 25.2. The highest BCUT2D eigenvalue weighted by molar-refractivity contribution is 7.98. The van der Waals surface area contributed by atoms with E-state index >= 15 is 0 Å². The maximum atomic E-state index is 14.6. The summed E-state index contributed by atoms with van der Waals surface area (Å²) in [4.78, 5) is 15.9. The molecular formula is C26H21Cl2F2N3OS. The molecular weight excluding hydrogens is 511 g/mol. The predicted molar refractivity (Wildman–Crippen MR) is 137 cm³/mol. The molecule has 0 aliphatic carbocycles. The van der Waals surface area contributed by atoms with Gasteiger partial charge in [0, 0.05) is 22.4 Å². The second-order valence-electron chi connectivity index (χ2n) is 8.45. The molecule has 1 amide bonds. The number of hydrogen-bond acceptors (Lipinski definition) is 3. The van der Waals surface area contributed by atoms with Crippen LogP contribution in [0.25, 0.3) is 5.69 Å². The molecule has 1 heterocycles. The van der Waals surface area contributed by atoms with Crippen LogP contribution in [0.2, 0.25) is 10.0 Å². The molecule has 3 aromatic carbocycles. The second-order valence-corrected chi connectivity index (χ2v) is 10.2. The second kappa shape index (κ2) is 10.0. The molecule has 4 nitrogen and oxygen atoms in total. The zero-order valence-corrected chi connectivity index (χ0v) is 21.2. The van der Waals surface area contributed by atoms with E-state index in [1.807, 2.05) is 30.5 Å². The molecule has 4 aromatic rings. The van der Waals surface area contributed by atoms with Crippen LogP contribution >= 0.6 is 35.0 Å². The Morgan fingerprint density at radius 2 is 1.74 bits per heavy atom. The summed E-state index contributed by atoms with van der Waals surface area (Å²) in [5.74, 6) is -1.31. The zero-order chi connectivity index (χ0) is 25.3. The number of amides is 1. The molecule has 0 fully saturated rings. The summed E-state index contributed by atoms with van der Waals surface area (Å²) in [5, 5.41) is 1.49. The highest BCUT2D eigenvalue weighted by Crippen LogP contribution is 2.38. The number of carbonyl (C=O) groups is 1. The normalized spacial score (nSPS) is 11.6. The van der Waals surface area contributed by atoms with Gasteiger partial charge in [-0.3, -0.25) is 9.36 Å². The molecule has 0 saturated carbocycles. The molecule has 0 aliphatic heterocycles. The maximum Gasteiger partial charge on any atom is 0.248 e. The largest absolute Gasteiger partial charge is 0.366 e. The Morgan fingerprint density at radius 1 is 1.03 bits per heavy atom. The van der Waals surface area contributed by atoms with E-state index in [4.69, 9.17) is 28.9 Å². The molecule has 0 unspecified atom stereocenters. The molecule has 0 aliphatic rings. The van der Waals surface area contributed by atoms with Crippen LogP contribution in [0.1, 0.15) is 41.0 Å². The minimum atomic E-state index is -0.691. The minimum absolute atomic E-state index is 0.106. The number of imidazole rings is 1. The third-order valence-corrected chi connectivity index (χ3v) is 7.53. The number of primary amides is 1. The Kier molecular flexibility index (Phi) is 7.22. The summed E-state index contributed by atoms with van der Waals surface area (Å²) in [6.45, 7) is 4.06. The van der Waals surface area contributed by atoms with Gasteiger partial charge >= 0.3 is 0 Å². The Labute approximate surface area is 216 Å². The first-order valence-electron chi connectivity index (χ1n) is 10.6. The summed E-state index contributed by atoms with van der Waals surface area (Å²) >= 11 is 13.7. The monoisotopic (exact) mass is 531 g/mol. The van der Waals surface area contributed by atoms with Gasteiger partial charge in [0.2, 0.25) is 5.91 Å². The zero-order valence-electron chi connectivity index (χ0n) is 18.9. The average Bonchev–Trinajstić information content (AvgIpc) is 3.25. The van der Waals surface area contributed by atoms with Gasteiger partial charge in [-0.15, -0.1) is 0 Å². The van der Waals surface area contributed by atoms with E-state index in [2.05, 4.69) is 4.98 Å². The molecule has 0 atom stereocenters. The standard InChI is InChI=1S/C26H21Cl2F2N3OS/c1-26(2,17-5-10-20(27)21(28)12-17)23-13-32-25(33(23)19-8-6-18(29)7-9-19)35-14-16-4-3-15(24(31)34)11-22(16)30/h3-13H,14H2,1-2H3,(H2,31,34). The topological polar surface area (TPSA) is 60.9 Å². The highest BCUT2D eigenvalue weighted by atomic mass is 35.5. The predicted octanol–water partition coefficient (Wildman–Crippen LogP) is 7.17. The molecule has 0 spiro atoms. The van der Waals surface area contributed by atoms with E-state index in [-0.39, 0.29) is 17.1 Å². The van der Waals surface area contributed by atoms with Crippen molar-refractivity contribution in [3.05, 3.63) is 111 Å². The summed E-state index contributed by atoms with van der Waals surface area (Å²) in [7, 11) is 0. The lowest BCUT2D eigenvalue weighted by Gasteiger charge is -2.28. The molecule has 180 valence electrons. The molecule has 1 aromatic heterocycles. The fraction of sp³-hybridized carbons (Fsp3) is 0.154. The average molecular weight is 532 g/mol. The van der Waals surface area contributed by atoms with Crippen molar-refractivity contribution in [2.24, 2.45) is 5.73 Å². The fourth-order valence-corrected chi connectivity index (χ4v) is 4.99. The number of halogens is 4. The van der Waals surface area contributed by atoms with Crippen molar-refractivity contribution in [3.63, 3.8) is 0 Å². The number of benzene rings is 3. The third-order valence-electron chi connectivity index (χ3n) is 5.79. The lowest BCUT2D eigenvalue weighted by molar-refractivity contribution is 0.1000. The van der Waals surface area contributed by atoms with Crippen LogP contribution in [0.15, 0.2) is 72.0 Å². The van der Waals surface area contributed by atoms with Gasteiger partial charge in [-0.1, -0.05) is 60.9 Å². The minimum Gasteiger partial charge on any atom is -0.366 e. The summed E-state index contributed by atoms with van der Waals surface area (Å²) in [5.41, 5.74) is 7.64. The van der Waals surface area contributed by atoms with Crippen LogP contribution in [-0.2, 0) is 11.2 Å². The molecule has 9 heteroatoms. The maximum absolute atomic E-state index is 14.6. The van der Waals surface area contributed by atoms with Gasteiger partial charge in [0.15, 0.2) is 5.16 Å². The lowest BCUT2D eigenvalue weighted by Crippen LogP contribution is -2.23. The van der Waals surface area contributed by atoms with Gasteiger partial charge in [-0.05, 0) is 59.7 Å². The Morgan fingerprint density at radius 3 is 2.37 bits per heavy atom. The molecule has 2 N–H and O–H groups in total. The van der Waals surface area contributed by atoms with Crippen molar-refractivity contribution in [1.29, 1.82) is 0 Å². The Bertz CT molecular complexity index is 1400. The van der Waals surface area contributed by atoms with Crippen molar-refractivity contribution in [2.45, 2.75) is 30.2 Å². The van der Waals surface area contributed by atoms with E-state index < -0.39 is 17.1 Å². The van der Waals surface area contributed by atoms with Crippen LogP contribution in [-0.4, -0.2) is 15.5 Å². The number of hydrogen-bond donors (Lipinski definition) is 1. The van der Waals surface area contributed by atoms with E-state index in [1.54, 1.807) is 24.4 Å². The number of nitrogens with zero attached hydrogens (tertiary/aromatic N) is 2. The number of thioether (sulfide) groups is 1. The van der Waals surface area contributed by atoms with E-state index in [0.29, 0.717) is 26.5 Å². The van der Waals surface area contributed by atoms with Crippen molar-refractivity contribution in [3.8, 4) is 5.69 Å². The first-order chi connectivity index (χ1) is 16.6. The number of aromatic nitrogens is 2. The van der Waals surface area contributed by atoms with Gasteiger partial charge in [-0.25, -0.2) is 13.8 Å². The summed E-state index contributed by atoms with van der Waals surface area (Å²) in [6, 6.07) is 15.7. The van der Waals surface area contributed by atoms with E-state index in [9.17, 15) is 13.6 Å². The van der Waals surface area contributed by atoms with Crippen LogP contribution < -0.4 is 5.73 Å². The quantitative estimate of drug-likeness (QED) is 0.257. The fourth-order valence-electron chi connectivity index (χ4n) is 3.71. The van der Waals surface area contributed by atoms with Gasteiger partial charge < -0.3 is 5.73 Å². The summed E-state index contributed by atoms with van der Waals surface area (Å²) < 4.78 is 30.2. The lowest BCUT2D eigenvalue weighted by atomic mass is 9.81. The molecule has 4 rings (SSSR count). The van der Waals surface area contributed by atoms with Crippen LogP contribution in [0.5, 0.6) is 0 Å². The van der Waals surface area contributed by atoms with E-state index in [1.165, 1.54) is 36.0 Å². The Balaban J connectivity index is 1.75. The summed E-state index contributed by atoms with van der Waals surface area (Å²) in [6.07, 6.45) is 1.75. The van der Waals surface area contributed by atoms with Crippen molar-refractivity contribution < 1.29 is 13.6 Å². The molecule has 35 heavy (non-hydrogen) atoms. The number of carbonyl (C=O) groups excluding carboxylic acids is 1. The van der Waals surface area contributed by atoms with Crippen LogP contribution in [0, 0.1) is 11.6 Å². The van der Waals surface area contributed by atoms with E-state index in [0.717, 1.165) is 17.3 Å². The Hall–Kier alpha value is -2.87.